The molecule has 11 heteroatoms. The first kappa shape index (κ1) is 22.3. The number of carbonyl (C=O) groups excluding carboxylic acids is 5. The zero-order chi connectivity index (χ0) is 23.9. The number of benzene rings is 1. The molecule has 2 atom stereocenters. The maximum atomic E-state index is 13.1. The van der Waals surface area contributed by atoms with Crippen LogP contribution in [0.1, 0.15) is 46.0 Å². The van der Waals surface area contributed by atoms with Crippen LogP contribution in [-0.4, -0.2) is 53.3 Å². The highest BCUT2D eigenvalue weighted by Crippen LogP contribution is 2.34. The number of nitrogens with zero attached hydrogens (tertiary/aromatic N) is 1. The number of allylic oxidation sites excluding steroid dienone is 3. The largest absolute Gasteiger partial charge is 0.351 e. The molecule has 1 saturated heterocycles. The smallest absolute Gasteiger partial charge is 0.262 e. The Labute approximate surface area is 189 Å². The maximum absolute atomic E-state index is 13.1. The van der Waals surface area contributed by atoms with Crippen LogP contribution in [0.3, 0.4) is 0 Å². The maximum Gasteiger partial charge on any atom is 0.262 e. The van der Waals surface area contributed by atoms with E-state index in [0.717, 1.165) is 4.90 Å². The van der Waals surface area contributed by atoms with E-state index in [1.54, 1.807) is 12.1 Å². The minimum atomic E-state index is -2.55. The van der Waals surface area contributed by atoms with Crippen LogP contribution >= 0.6 is 0 Å². The van der Waals surface area contributed by atoms with Crippen molar-refractivity contribution in [3.63, 3.8) is 0 Å². The molecule has 1 fully saturated rings. The van der Waals surface area contributed by atoms with Gasteiger partial charge in [0.2, 0.25) is 22.1 Å². The normalized spacial score (nSPS) is 24.1. The molecule has 0 radical (unpaired) electrons. The SMILES string of the molecule is CC1(N2C(=O)c3ccc(CNC(=O)C4C=CC=CC4=S(=O)=O)cc3C2=O)CCC(=O)NC1=O. The van der Waals surface area contributed by atoms with Gasteiger partial charge in [0.25, 0.3) is 17.7 Å². The van der Waals surface area contributed by atoms with Crippen LogP contribution < -0.4 is 10.6 Å². The average Bonchev–Trinajstić information content (AvgIpc) is 3.05. The van der Waals surface area contributed by atoms with Gasteiger partial charge in [-0.2, -0.15) is 8.42 Å². The Balaban J connectivity index is 1.53. The second-order valence-electron chi connectivity index (χ2n) is 8.05. The molecule has 1 aliphatic carbocycles. The van der Waals surface area contributed by atoms with E-state index in [1.165, 1.54) is 37.3 Å². The van der Waals surface area contributed by atoms with Crippen LogP contribution in [0.5, 0.6) is 0 Å². The van der Waals surface area contributed by atoms with Crippen molar-refractivity contribution in [3.8, 4) is 0 Å². The standard InChI is InChI=1S/C22H19N3O7S/c1-22(9-8-17(26)24-21(22)30)25-19(28)13-7-6-12(10-15(13)20(25)29)11-23-18(27)14-4-2-3-5-16(14)33(31)32/h2-7,10,14H,8-9,11H2,1H3,(H,23,27)(H,24,26,30). The van der Waals surface area contributed by atoms with Crippen LogP contribution in [0.15, 0.2) is 42.5 Å². The second-order valence-corrected chi connectivity index (χ2v) is 8.99. The molecule has 10 nitrogen and oxygen atoms in total. The van der Waals surface area contributed by atoms with Gasteiger partial charge in [0.05, 0.1) is 21.9 Å². The van der Waals surface area contributed by atoms with E-state index in [0.29, 0.717) is 5.56 Å². The first-order chi connectivity index (χ1) is 15.6. The number of hydrogen-bond acceptors (Lipinski definition) is 7. The van der Waals surface area contributed by atoms with Crippen LogP contribution in [0.2, 0.25) is 0 Å². The van der Waals surface area contributed by atoms with Crippen LogP contribution in [0.25, 0.3) is 0 Å². The summed E-state index contributed by atoms with van der Waals surface area (Å²) in [6.45, 7) is 1.43. The van der Waals surface area contributed by atoms with Crippen molar-refractivity contribution in [3.05, 3.63) is 59.2 Å². The third-order valence-electron chi connectivity index (χ3n) is 5.95. The van der Waals surface area contributed by atoms with Gasteiger partial charge in [-0.25, -0.2) is 0 Å². The second kappa shape index (κ2) is 8.24. The van der Waals surface area contributed by atoms with Gasteiger partial charge in [-0.3, -0.25) is 34.2 Å². The molecule has 3 aliphatic rings. The lowest BCUT2D eigenvalue weighted by Crippen LogP contribution is -2.62. The lowest BCUT2D eigenvalue weighted by molar-refractivity contribution is -0.141. The topological polar surface area (TPSA) is 147 Å². The van der Waals surface area contributed by atoms with Gasteiger partial charge in [0.1, 0.15) is 5.54 Å². The van der Waals surface area contributed by atoms with E-state index in [9.17, 15) is 32.4 Å². The first-order valence-corrected chi connectivity index (χ1v) is 11.2. The van der Waals surface area contributed by atoms with Gasteiger partial charge in [-0.1, -0.05) is 24.3 Å². The minimum absolute atomic E-state index is 0.00484. The summed E-state index contributed by atoms with van der Waals surface area (Å²) < 4.78 is 22.7. The molecule has 1 aromatic rings. The molecule has 0 bridgehead atoms. The molecule has 2 unspecified atom stereocenters. The summed E-state index contributed by atoms with van der Waals surface area (Å²) in [6, 6.07) is 4.46. The molecule has 33 heavy (non-hydrogen) atoms. The molecule has 2 aliphatic heterocycles. The Morgan fingerprint density at radius 3 is 2.58 bits per heavy atom. The Morgan fingerprint density at radius 1 is 1.15 bits per heavy atom. The number of fused-ring (bicyclic) bond motifs is 1. The summed E-state index contributed by atoms with van der Waals surface area (Å²) >= 11 is 0. The van der Waals surface area contributed by atoms with Crippen LogP contribution in [-0.2, 0) is 31.2 Å². The van der Waals surface area contributed by atoms with Crippen LogP contribution in [0, 0.1) is 5.92 Å². The fraction of sp³-hybridized carbons (Fsp3) is 0.273. The van der Waals surface area contributed by atoms with Crippen molar-refractivity contribution in [2.45, 2.75) is 31.8 Å². The number of carbonyl (C=O) groups is 5. The quantitative estimate of drug-likeness (QED) is 0.462. The van der Waals surface area contributed by atoms with Gasteiger partial charge in [-0.05, 0) is 37.1 Å². The van der Waals surface area contributed by atoms with Crippen molar-refractivity contribution < 1.29 is 32.4 Å². The van der Waals surface area contributed by atoms with E-state index >= 15 is 0 Å². The predicted octanol–water partition coefficient (Wildman–Crippen LogP) is -0.112. The lowest BCUT2D eigenvalue weighted by atomic mass is 9.89. The number of hydrogen-bond donors (Lipinski definition) is 2. The third-order valence-corrected chi connectivity index (χ3v) is 6.72. The molecular formula is C22H19N3O7S. The minimum Gasteiger partial charge on any atom is -0.351 e. The molecule has 2 N–H and O–H groups in total. The Hall–Kier alpha value is -3.86. The summed E-state index contributed by atoms with van der Waals surface area (Å²) in [5, 5.41) is 4.81. The van der Waals surface area contributed by atoms with Gasteiger partial charge < -0.3 is 5.32 Å². The molecule has 4 rings (SSSR count). The summed E-state index contributed by atoms with van der Waals surface area (Å²) in [5.74, 6) is -3.96. The predicted molar refractivity (Wildman–Crippen MR) is 115 cm³/mol. The molecule has 0 saturated carbocycles. The van der Waals surface area contributed by atoms with Crippen molar-refractivity contribution in [1.82, 2.24) is 15.5 Å². The summed E-state index contributed by atoms with van der Waals surface area (Å²) in [7, 11) is -2.55. The summed E-state index contributed by atoms with van der Waals surface area (Å²) in [4.78, 5) is 63.3. The van der Waals surface area contributed by atoms with Crippen molar-refractivity contribution in [2.24, 2.45) is 5.92 Å². The molecule has 170 valence electrons. The van der Waals surface area contributed by atoms with E-state index in [1.807, 2.05) is 0 Å². The van der Waals surface area contributed by atoms with E-state index < -0.39 is 51.3 Å². The van der Waals surface area contributed by atoms with Gasteiger partial charge >= 0.3 is 0 Å². The Bertz CT molecular complexity index is 1320. The number of amides is 5. The Kier molecular flexibility index (Phi) is 5.58. The fourth-order valence-electron chi connectivity index (χ4n) is 4.05. The first-order valence-electron chi connectivity index (χ1n) is 10.1. The highest BCUT2D eigenvalue weighted by atomic mass is 32.2. The van der Waals surface area contributed by atoms with Gasteiger partial charge in [0.15, 0.2) is 0 Å². The summed E-state index contributed by atoms with van der Waals surface area (Å²) in [6.07, 6.45) is 5.93. The van der Waals surface area contributed by atoms with E-state index in [4.69, 9.17) is 0 Å². The number of rotatable bonds is 4. The molecular weight excluding hydrogens is 450 g/mol. The molecule has 1 aromatic carbocycles. The lowest BCUT2D eigenvalue weighted by Gasteiger charge is -2.38. The van der Waals surface area contributed by atoms with Gasteiger partial charge in [-0.15, -0.1) is 0 Å². The van der Waals surface area contributed by atoms with Crippen molar-refractivity contribution in [1.29, 1.82) is 0 Å². The van der Waals surface area contributed by atoms with E-state index in [2.05, 4.69) is 10.6 Å². The fourth-order valence-corrected chi connectivity index (χ4v) is 4.64. The number of imide groups is 2. The Morgan fingerprint density at radius 2 is 1.88 bits per heavy atom. The molecule has 0 aromatic heterocycles. The third kappa shape index (κ3) is 3.80. The number of piperidine rings is 1. The molecule has 2 heterocycles. The zero-order valence-corrected chi connectivity index (χ0v) is 18.3. The van der Waals surface area contributed by atoms with Crippen molar-refractivity contribution >= 4 is 44.7 Å². The highest BCUT2D eigenvalue weighted by molar-refractivity contribution is 7.73. The molecule has 5 amide bonds. The van der Waals surface area contributed by atoms with E-state index in [-0.39, 0.29) is 35.4 Å². The summed E-state index contributed by atoms with van der Waals surface area (Å²) in [5.41, 5.74) is -0.764. The van der Waals surface area contributed by atoms with Crippen LogP contribution in [0.4, 0.5) is 0 Å². The van der Waals surface area contributed by atoms with Crippen molar-refractivity contribution in [2.75, 3.05) is 0 Å². The highest BCUT2D eigenvalue weighted by Gasteiger charge is 2.52. The zero-order valence-electron chi connectivity index (χ0n) is 17.5. The molecule has 0 spiro atoms. The monoisotopic (exact) mass is 469 g/mol. The number of nitrogens with one attached hydrogen (secondary N) is 2. The average molecular weight is 469 g/mol. The van der Waals surface area contributed by atoms with Gasteiger partial charge in [0, 0.05) is 13.0 Å².